The Hall–Kier alpha value is -1.54. The van der Waals surface area contributed by atoms with Crippen molar-refractivity contribution in [2.24, 2.45) is 0 Å². The van der Waals surface area contributed by atoms with Crippen LogP contribution >= 0.6 is 11.8 Å². The van der Waals surface area contributed by atoms with Gasteiger partial charge in [-0.05, 0) is 30.0 Å². The summed E-state index contributed by atoms with van der Waals surface area (Å²) in [6.07, 6.45) is 2.63. The lowest BCUT2D eigenvalue weighted by Gasteiger charge is -2.09. The summed E-state index contributed by atoms with van der Waals surface area (Å²) >= 11 is 1.81. The minimum Gasteiger partial charge on any atom is -0.299 e. The van der Waals surface area contributed by atoms with Crippen molar-refractivity contribution in [1.82, 2.24) is 0 Å². The molecule has 0 fully saturated rings. The highest BCUT2D eigenvalue weighted by molar-refractivity contribution is 7.99. The number of thioether (sulfide) groups is 1. The maximum Gasteiger partial charge on any atom is 0.141 e. The summed E-state index contributed by atoms with van der Waals surface area (Å²) in [5, 5.41) is 0. The van der Waals surface area contributed by atoms with Crippen molar-refractivity contribution >= 4 is 17.5 Å². The SMILES string of the molecule is O=C(CCCc1ccccc1)C1CSc2ccccc21. The van der Waals surface area contributed by atoms with Gasteiger partial charge in [-0.3, -0.25) is 4.79 Å². The van der Waals surface area contributed by atoms with Crippen molar-refractivity contribution in [2.45, 2.75) is 30.1 Å². The Balaban J connectivity index is 1.56. The lowest BCUT2D eigenvalue weighted by molar-refractivity contribution is -0.120. The molecular formula is C18H18OS. The highest BCUT2D eigenvalue weighted by Gasteiger charge is 2.28. The Morgan fingerprint density at radius 2 is 1.80 bits per heavy atom. The first-order chi connectivity index (χ1) is 9.84. The van der Waals surface area contributed by atoms with E-state index in [1.165, 1.54) is 16.0 Å². The second kappa shape index (κ2) is 6.27. The van der Waals surface area contributed by atoms with E-state index in [1.54, 1.807) is 0 Å². The lowest BCUT2D eigenvalue weighted by Crippen LogP contribution is -2.12. The van der Waals surface area contributed by atoms with Crippen molar-refractivity contribution in [1.29, 1.82) is 0 Å². The minimum atomic E-state index is 0.118. The second-order valence-corrected chi connectivity index (χ2v) is 6.27. The molecule has 1 aliphatic rings. The Kier molecular flexibility index (Phi) is 4.22. The van der Waals surface area contributed by atoms with Gasteiger partial charge in [-0.15, -0.1) is 11.8 Å². The maximum absolute atomic E-state index is 12.4. The molecule has 0 saturated heterocycles. The number of carbonyl (C=O) groups is 1. The van der Waals surface area contributed by atoms with Gasteiger partial charge in [-0.2, -0.15) is 0 Å². The summed E-state index contributed by atoms with van der Waals surface area (Å²) in [6, 6.07) is 18.7. The predicted molar refractivity (Wildman–Crippen MR) is 84.3 cm³/mol. The van der Waals surface area contributed by atoms with Gasteiger partial charge < -0.3 is 0 Å². The van der Waals surface area contributed by atoms with E-state index in [9.17, 15) is 4.79 Å². The van der Waals surface area contributed by atoms with Gasteiger partial charge in [0.25, 0.3) is 0 Å². The van der Waals surface area contributed by atoms with Crippen LogP contribution in [0.1, 0.15) is 29.9 Å². The molecule has 2 aromatic carbocycles. The van der Waals surface area contributed by atoms with Gasteiger partial charge in [0, 0.05) is 17.1 Å². The number of aryl methyl sites for hydroxylation is 1. The van der Waals surface area contributed by atoms with E-state index in [1.807, 2.05) is 30.0 Å². The van der Waals surface area contributed by atoms with Crippen molar-refractivity contribution in [2.75, 3.05) is 5.75 Å². The van der Waals surface area contributed by atoms with Crippen LogP contribution in [0.25, 0.3) is 0 Å². The molecule has 0 aromatic heterocycles. The average Bonchev–Trinajstić information content (AvgIpc) is 2.92. The van der Waals surface area contributed by atoms with Crippen LogP contribution in [-0.4, -0.2) is 11.5 Å². The van der Waals surface area contributed by atoms with Crippen LogP contribution < -0.4 is 0 Å². The van der Waals surface area contributed by atoms with Gasteiger partial charge in [-0.1, -0.05) is 48.5 Å². The Morgan fingerprint density at radius 3 is 2.65 bits per heavy atom. The fraction of sp³-hybridized carbons (Fsp3) is 0.278. The van der Waals surface area contributed by atoms with Gasteiger partial charge in [0.2, 0.25) is 0 Å². The number of ketones is 1. The Labute approximate surface area is 124 Å². The highest BCUT2D eigenvalue weighted by atomic mass is 32.2. The van der Waals surface area contributed by atoms with Crippen LogP contribution in [0.4, 0.5) is 0 Å². The monoisotopic (exact) mass is 282 g/mol. The topological polar surface area (TPSA) is 17.1 Å². The third-order valence-electron chi connectivity index (χ3n) is 3.82. The second-order valence-electron chi connectivity index (χ2n) is 5.21. The molecule has 0 aliphatic carbocycles. The molecule has 1 nitrogen and oxygen atoms in total. The molecule has 0 N–H and O–H groups in total. The van der Waals surface area contributed by atoms with Crippen LogP contribution in [0.5, 0.6) is 0 Å². The summed E-state index contributed by atoms with van der Waals surface area (Å²) in [5.74, 6) is 1.44. The standard InChI is InChI=1S/C18H18OS/c19-17(11-6-9-14-7-2-1-3-8-14)16-13-20-18-12-5-4-10-15(16)18/h1-5,7-8,10,12,16H,6,9,11,13H2. The zero-order chi connectivity index (χ0) is 13.8. The van der Waals surface area contributed by atoms with E-state index in [-0.39, 0.29) is 5.92 Å². The molecule has 2 heteroatoms. The van der Waals surface area contributed by atoms with Gasteiger partial charge in [-0.25, -0.2) is 0 Å². The molecule has 0 amide bonds. The van der Waals surface area contributed by atoms with Gasteiger partial charge in [0.05, 0.1) is 5.92 Å². The predicted octanol–water partition coefficient (Wildman–Crippen LogP) is 4.47. The third kappa shape index (κ3) is 2.96. The molecule has 1 unspecified atom stereocenters. The van der Waals surface area contributed by atoms with Crippen LogP contribution in [0.15, 0.2) is 59.5 Å². The zero-order valence-electron chi connectivity index (χ0n) is 11.4. The largest absolute Gasteiger partial charge is 0.299 e. The van der Waals surface area contributed by atoms with Crippen LogP contribution in [0, 0.1) is 0 Å². The molecule has 0 spiro atoms. The fourth-order valence-corrected chi connectivity index (χ4v) is 3.98. The fourth-order valence-electron chi connectivity index (χ4n) is 2.71. The van der Waals surface area contributed by atoms with Gasteiger partial charge >= 0.3 is 0 Å². The molecule has 1 aliphatic heterocycles. The van der Waals surface area contributed by atoms with Gasteiger partial charge in [0.15, 0.2) is 0 Å². The number of rotatable bonds is 5. The van der Waals surface area contributed by atoms with Crippen molar-refractivity contribution in [3.63, 3.8) is 0 Å². The normalized spacial score (nSPS) is 16.9. The zero-order valence-corrected chi connectivity index (χ0v) is 12.2. The number of benzene rings is 2. The van der Waals surface area contributed by atoms with E-state index < -0.39 is 0 Å². The summed E-state index contributed by atoms with van der Waals surface area (Å²) in [6.45, 7) is 0. The van der Waals surface area contributed by atoms with E-state index in [4.69, 9.17) is 0 Å². The molecule has 20 heavy (non-hydrogen) atoms. The summed E-state index contributed by atoms with van der Waals surface area (Å²) in [4.78, 5) is 13.7. The summed E-state index contributed by atoms with van der Waals surface area (Å²) in [5.41, 5.74) is 2.56. The Morgan fingerprint density at radius 1 is 1.05 bits per heavy atom. The van der Waals surface area contributed by atoms with Crippen molar-refractivity contribution in [3.05, 3.63) is 65.7 Å². The first-order valence-corrected chi connectivity index (χ1v) is 8.11. The summed E-state index contributed by atoms with van der Waals surface area (Å²) in [7, 11) is 0. The van der Waals surface area contributed by atoms with Crippen LogP contribution in [-0.2, 0) is 11.2 Å². The molecule has 2 aromatic rings. The van der Waals surface area contributed by atoms with Crippen molar-refractivity contribution < 1.29 is 4.79 Å². The van der Waals surface area contributed by atoms with E-state index >= 15 is 0 Å². The maximum atomic E-state index is 12.4. The van der Waals surface area contributed by atoms with E-state index in [0.29, 0.717) is 12.2 Å². The molecule has 1 atom stereocenters. The third-order valence-corrected chi connectivity index (χ3v) is 5.00. The number of fused-ring (bicyclic) bond motifs is 1. The first-order valence-electron chi connectivity index (χ1n) is 7.13. The smallest absolute Gasteiger partial charge is 0.141 e. The molecule has 1 heterocycles. The quantitative estimate of drug-likeness (QED) is 0.805. The molecular weight excluding hydrogens is 264 g/mol. The highest BCUT2D eigenvalue weighted by Crippen LogP contribution is 2.40. The number of hydrogen-bond donors (Lipinski definition) is 0. The molecule has 0 bridgehead atoms. The summed E-state index contributed by atoms with van der Waals surface area (Å²) < 4.78 is 0. The molecule has 0 radical (unpaired) electrons. The van der Waals surface area contributed by atoms with Crippen LogP contribution in [0.2, 0.25) is 0 Å². The lowest BCUT2D eigenvalue weighted by atomic mass is 9.93. The molecule has 3 rings (SSSR count). The average molecular weight is 282 g/mol. The molecule has 0 saturated carbocycles. The van der Waals surface area contributed by atoms with Crippen molar-refractivity contribution in [3.8, 4) is 0 Å². The minimum absolute atomic E-state index is 0.118. The number of hydrogen-bond acceptors (Lipinski definition) is 2. The number of carbonyl (C=O) groups excluding carboxylic acids is 1. The van der Waals surface area contributed by atoms with Gasteiger partial charge in [0.1, 0.15) is 5.78 Å². The van der Waals surface area contributed by atoms with Crippen LogP contribution in [0.3, 0.4) is 0 Å². The van der Waals surface area contributed by atoms with E-state index in [2.05, 4.69) is 36.4 Å². The number of Topliss-reactive ketones (excluding diaryl/α,β-unsaturated/α-hetero) is 1. The first kappa shape index (κ1) is 13.4. The molecule has 102 valence electrons. The van der Waals surface area contributed by atoms with E-state index in [0.717, 1.165) is 18.6 Å². The Bertz CT molecular complexity index is 591.